The fourth-order valence-corrected chi connectivity index (χ4v) is 5.60. The normalized spacial score (nSPS) is 36.8. The molecule has 0 amide bonds. The summed E-state index contributed by atoms with van der Waals surface area (Å²) in [4.78, 5) is 24.8. The van der Waals surface area contributed by atoms with Gasteiger partial charge in [0.1, 0.15) is 12.2 Å². The van der Waals surface area contributed by atoms with Crippen LogP contribution in [0.25, 0.3) is 0 Å². The minimum atomic E-state index is -0.613. The Labute approximate surface area is 187 Å². The summed E-state index contributed by atoms with van der Waals surface area (Å²) in [6.45, 7) is 12.5. The van der Waals surface area contributed by atoms with Crippen LogP contribution >= 0.6 is 0 Å². The highest BCUT2D eigenvalue weighted by Crippen LogP contribution is 2.47. The first kappa shape index (κ1) is 24.0. The lowest BCUT2D eigenvalue weighted by Gasteiger charge is -2.46. The van der Waals surface area contributed by atoms with Crippen LogP contribution in [0.1, 0.15) is 73.6 Å². The van der Waals surface area contributed by atoms with Crippen molar-refractivity contribution in [3.63, 3.8) is 0 Å². The molecule has 2 aliphatic carbocycles. The molecule has 5 nitrogen and oxygen atoms in total. The van der Waals surface area contributed by atoms with Crippen LogP contribution in [0.3, 0.4) is 0 Å². The number of cyclic esters (lactones) is 1. The number of esters is 2. The third-order valence-electron chi connectivity index (χ3n) is 7.70. The molecule has 8 atom stereocenters. The summed E-state index contributed by atoms with van der Waals surface area (Å²) >= 11 is 0. The van der Waals surface area contributed by atoms with E-state index in [1.807, 2.05) is 20.8 Å². The SMILES string of the molecule is CCC(C)(C)C(=O)O[C@H]1CC(C)C=C2C=C[C@H](C)[C@H]([C@@H](C)CC3C[C@@H](O)CC(=O)O3)[C@H]21. The van der Waals surface area contributed by atoms with E-state index >= 15 is 0 Å². The van der Waals surface area contributed by atoms with Gasteiger partial charge in [-0.1, -0.05) is 45.9 Å². The zero-order chi connectivity index (χ0) is 22.9. The molecule has 3 aliphatic rings. The molecule has 3 rings (SSSR count). The minimum Gasteiger partial charge on any atom is -0.462 e. The second-order valence-corrected chi connectivity index (χ2v) is 10.8. The summed E-state index contributed by atoms with van der Waals surface area (Å²) in [5.74, 6) is 0.938. The van der Waals surface area contributed by atoms with Crippen molar-refractivity contribution in [3.05, 3.63) is 23.8 Å². The summed E-state index contributed by atoms with van der Waals surface area (Å²) in [5, 5.41) is 10.0. The van der Waals surface area contributed by atoms with Gasteiger partial charge in [0.05, 0.1) is 17.9 Å². The molecular formula is C26H40O5. The fraction of sp³-hybridized carbons (Fsp3) is 0.769. The summed E-state index contributed by atoms with van der Waals surface area (Å²) in [6, 6.07) is 0. The van der Waals surface area contributed by atoms with Gasteiger partial charge < -0.3 is 14.6 Å². The van der Waals surface area contributed by atoms with Gasteiger partial charge in [-0.3, -0.25) is 9.59 Å². The van der Waals surface area contributed by atoms with Crippen molar-refractivity contribution in [3.8, 4) is 0 Å². The van der Waals surface area contributed by atoms with Gasteiger partial charge in [0.25, 0.3) is 0 Å². The maximum absolute atomic E-state index is 12.9. The largest absolute Gasteiger partial charge is 0.462 e. The number of carbonyl (C=O) groups excluding carboxylic acids is 2. The Morgan fingerprint density at radius 2 is 2.03 bits per heavy atom. The zero-order valence-corrected chi connectivity index (χ0v) is 20.0. The van der Waals surface area contributed by atoms with E-state index in [0.29, 0.717) is 24.7 Å². The lowest BCUT2D eigenvalue weighted by molar-refractivity contribution is -0.167. The third-order valence-corrected chi connectivity index (χ3v) is 7.70. The van der Waals surface area contributed by atoms with E-state index in [4.69, 9.17) is 9.47 Å². The molecule has 0 aromatic rings. The van der Waals surface area contributed by atoms with Crippen molar-refractivity contribution < 1.29 is 24.2 Å². The van der Waals surface area contributed by atoms with Crippen LogP contribution in [0.15, 0.2) is 23.8 Å². The second-order valence-electron chi connectivity index (χ2n) is 10.8. The Bertz CT molecular complexity index is 736. The highest BCUT2D eigenvalue weighted by molar-refractivity contribution is 5.76. The molecule has 1 N–H and O–H groups in total. The van der Waals surface area contributed by atoms with Crippen LogP contribution in [0, 0.1) is 35.0 Å². The van der Waals surface area contributed by atoms with Gasteiger partial charge in [-0.25, -0.2) is 0 Å². The summed E-state index contributed by atoms with van der Waals surface area (Å²) in [6.07, 6.45) is 8.67. The van der Waals surface area contributed by atoms with Crippen LogP contribution in [-0.2, 0) is 19.1 Å². The minimum absolute atomic E-state index is 0.0894. The molecule has 0 spiro atoms. The number of aliphatic hydroxyl groups excluding tert-OH is 1. The predicted octanol–water partition coefficient (Wildman–Crippen LogP) is 4.83. The van der Waals surface area contributed by atoms with E-state index in [-0.39, 0.29) is 48.3 Å². The number of hydrogen-bond donors (Lipinski definition) is 1. The van der Waals surface area contributed by atoms with Crippen molar-refractivity contribution in [1.82, 2.24) is 0 Å². The van der Waals surface area contributed by atoms with Gasteiger partial charge in [-0.05, 0) is 62.4 Å². The smallest absolute Gasteiger partial charge is 0.311 e. The number of rotatable bonds is 6. The van der Waals surface area contributed by atoms with Crippen LogP contribution in [-0.4, -0.2) is 35.4 Å². The lowest BCUT2D eigenvalue weighted by Crippen LogP contribution is -2.45. The van der Waals surface area contributed by atoms with Crippen molar-refractivity contribution >= 4 is 11.9 Å². The molecule has 0 saturated carbocycles. The van der Waals surface area contributed by atoms with Crippen LogP contribution in [0.2, 0.25) is 0 Å². The van der Waals surface area contributed by atoms with Crippen LogP contribution in [0.5, 0.6) is 0 Å². The standard InChI is InChI=1S/C26H40O5/c1-7-26(5,6)25(29)31-21-11-15(2)10-18-9-8-16(3)23(24(18)21)17(4)12-20-13-19(27)14-22(28)30-20/h8-10,15-17,19-21,23-24,27H,7,11-14H2,1-6H3/t15?,16-,17-,19+,20?,21-,23+,24+/m0/s1. The fourth-order valence-electron chi connectivity index (χ4n) is 5.60. The number of hydrogen-bond acceptors (Lipinski definition) is 5. The molecule has 2 unspecified atom stereocenters. The van der Waals surface area contributed by atoms with Gasteiger partial charge in [-0.2, -0.15) is 0 Å². The maximum Gasteiger partial charge on any atom is 0.311 e. The summed E-state index contributed by atoms with van der Waals surface area (Å²) in [5.41, 5.74) is 0.773. The van der Waals surface area contributed by atoms with Gasteiger partial charge in [0.2, 0.25) is 0 Å². The summed E-state index contributed by atoms with van der Waals surface area (Å²) in [7, 11) is 0. The average Bonchev–Trinajstić information content (AvgIpc) is 2.67. The molecule has 0 bridgehead atoms. The summed E-state index contributed by atoms with van der Waals surface area (Å²) < 4.78 is 11.7. The molecule has 0 aromatic carbocycles. The van der Waals surface area contributed by atoms with Gasteiger partial charge in [0.15, 0.2) is 0 Å². The average molecular weight is 433 g/mol. The van der Waals surface area contributed by atoms with Gasteiger partial charge >= 0.3 is 11.9 Å². The molecule has 1 aliphatic heterocycles. The van der Waals surface area contributed by atoms with E-state index < -0.39 is 11.5 Å². The number of ether oxygens (including phenoxy) is 2. The Kier molecular flexibility index (Phi) is 7.35. The first-order valence-corrected chi connectivity index (χ1v) is 12.0. The monoisotopic (exact) mass is 432 g/mol. The molecule has 1 heterocycles. The zero-order valence-electron chi connectivity index (χ0n) is 20.0. The highest BCUT2D eigenvalue weighted by Gasteiger charge is 2.45. The molecule has 1 saturated heterocycles. The predicted molar refractivity (Wildman–Crippen MR) is 120 cm³/mol. The second kappa shape index (κ2) is 9.48. The Hall–Kier alpha value is -1.62. The highest BCUT2D eigenvalue weighted by atomic mass is 16.6. The van der Waals surface area contributed by atoms with Crippen molar-refractivity contribution in [2.24, 2.45) is 35.0 Å². The first-order valence-electron chi connectivity index (χ1n) is 12.0. The Morgan fingerprint density at radius 1 is 1.32 bits per heavy atom. The molecule has 0 radical (unpaired) electrons. The van der Waals surface area contributed by atoms with E-state index in [1.54, 1.807) is 0 Å². The van der Waals surface area contributed by atoms with Crippen molar-refractivity contribution in [2.45, 2.75) is 92.0 Å². The van der Waals surface area contributed by atoms with E-state index in [1.165, 1.54) is 5.57 Å². The third kappa shape index (κ3) is 5.42. The molecule has 1 fully saturated rings. The molecule has 0 aromatic heterocycles. The molecular weight excluding hydrogens is 392 g/mol. The van der Waals surface area contributed by atoms with E-state index in [0.717, 1.165) is 12.8 Å². The Morgan fingerprint density at radius 3 is 2.68 bits per heavy atom. The quantitative estimate of drug-likeness (QED) is 0.609. The number of fused-ring (bicyclic) bond motifs is 1. The topological polar surface area (TPSA) is 72.8 Å². The van der Waals surface area contributed by atoms with E-state index in [2.05, 4.69) is 39.0 Å². The van der Waals surface area contributed by atoms with E-state index in [9.17, 15) is 14.7 Å². The van der Waals surface area contributed by atoms with Gasteiger partial charge in [0, 0.05) is 12.3 Å². The Balaban J connectivity index is 1.83. The van der Waals surface area contributed by atoms with Crippen LogP contribution in [0.4, 0.5) is 0 Å². The van der Waals surface area contributed by atoms with Gasteiger partial charge in [-0.15, -0.1) is 0 Å². The lowest BCUT2D eigenvalue weighted by atomic mass is 9.62. The number of allylic oxidation sites excluding steroid dienone is 3. The first-order chi connectivity index (χ1) is 14.5. The molecule has 174 valence electrons. The molecule has 31 heavy (non-hydrogen) atoms. The van der Waals surface area contributed by atoms with Crippen molar-refractivity contribution in [1.29, 1.82) is 0 Å². The van der Waals surface area contributed by atoms with Crippen molar-refractivity contribution in [2.75, 3.05) is 0 Å². The number of aliphatic hydroxyl groups is 1. The maximum atomic E-state index is 12.9. The molecule has 5 heteroatoms. The number of carbonyl (C=O) groups is 2. The van der Waals surface area contributed by atoms with Crippen LogP contribution < -0.4 is 0 Å².